The molecule has 0 saturated heterocycles. The van der Waals surface area contributed by atoms with Crippen molar-refractivity contribution in [3.63, 3.8) is 0 Å². The standard InChI is InChI=1S/C11H13NO4/c13-7-9(11(15)16)12-10(14)6-8-4-2-1-3-5-8/h1-5,9,13H,6-7H2,(H,12,14)(H,15,16). The van der Waals surface area contributed by atoms with Crippen LogP contribution in [0.4, 0.5) is 0 Å². The molecule has 1 rings (SSSR count). The van der Waals surface area contributed by atoms with Crippen LogP contribution in [0, 0.1) is 0 Å². The first-order valence-corrected chi connectivity index (χ1v) is 4.80. The van der Waals surface area contributed by atoms with Crippen molar-refractivity contribution in [1.29, 1.82) is 0 Å². The van der Waals surface area contributed by atoms with Crippen molar-refractivity contribution in [3.05, 3.63) is 35.9 Å². The van der Waals surface area contributed by atoms with Crippen LogP contribution in [-0.4, -0.2) is 34.7 Å². The van der Waals surface area contributed by atoms with Crippen LogP contribution >= 0.6 is 0 Å². The number of carbonyl (C=O) groups is 2. The molecule has 3 N–H and O–H groups in total. The van der Waals surface area contributed by atoms with Crippen molar-refractivity contribution in [2.24, 2.45) is 0 Å². The van der Waals surface area contributed by atoms with Gasteiger partial charge in [0.15, 0.2) is 0 Å². The Morgan fingerprint density at radius 1 is 1.25 bits per heavy atom. The van der Waals surface area contributed by atoms with E-state index in [1.807, 2.05) is 6.07 Å². The number of carbonyl (C=O) groups excluding carboxylic acids is 1. The number of benzene rings is 1. The Labute approximate surface area is 92.7 Å². The van der Waals surface area contributed by atoms with E-state index in [4.69, 9.17) is 10.2 Å². The van der Waals surface area contributed by atoms with Crippen molar-refractivity contribution in [2.45, 2.75) is 12.5 Å². The van der Waals surface area contributed by atoms with Gasteiger partial charge in [-0.05, 0) is 5.56 Å². The molecule has 1 amide bonds. The lowest BCUT2D eigenvalue weighted by atomic mass is 10.1. The maximum atomic E-state index is 11.4. The van der Waals surface area contributed by atoms with E-state index in [0.29, 0.717) is 0 Å². The molecule has 1 aromatic rings. The third-order valence-corrected chi connectivity index (χ3v) is 2.02. The van der Waals surface area contributed by atoms with Gasteiger partial charge in [-0.25, -0.2) is 4.79 Å². The summed E-state index contributed by atoms with van der Waals surface area (Å²) in [7, 11) is 0. The summed E-state index contributed by atoms with van der Waals surface area (Å²) in [4.78, 5) is 21.9. The minimum Gasteiger partial charge on any atom is -0.480 e. The van der Waals surface area contributed by atoms with E-state index >= 15 is 0 Å². The third-order valence-electron chi connectivity index (χ3n) is 2.02. The normalized spacial score (nSPS) is 11.8. The largest absolute Gasteiger partial charge is 0.480 e. The molecule has 0 spiro atoms. The molecule has 5 nitrogen and oxygen atoms in total. The van der Waals surface area contributed by atoms with Crippen molar-refractivity contribution in [2.75, 3.05) is 6.61 Å². The van der Waals surface area contributed by atoms with Crippen LogP contribution in [0.15, 0.2) is 30.3 Å². The summed E-state index contributed by atoms with van der Waals surface area (Å²) < 4.78 is 0. The van der Waals surface area contributed by atoms with Crippen LogP contribution in [0.1, 0.15) is 5.56 Å². The highest BCUT2D eigenvalue weighted by atomic mass is 16.4. The maximum absolute atomic E-state index is 11.4. The molecule has 0 aliphatic carbocycles. The number of aliphatic hydroxyl groups excluding tert-OH is 1. The predicted octanol–water partition coefficient (Wildman–Crippen LogP) is -0.209. The van der Waals surface area contributed by atoms with E-state index in [1.165, 1.54) is 0 Å². The molecule has 0 aliphatic heterocycles. The molecule has 1 aromatic carbocycles. The second-order valence-electron chi connectivity index (χ2n) is 3.30. The predicted molar refractivity (Wildman–Crippen MR) is 56.8 cm³/mol. The highest BCUT2D eigenvalue weighted by Crippen LogP contribution is 1.99. The molecular weight excluding hydrogens is 210 g/mol. The van der Waals surface area contributed by atoms with Crippen LogP contribution in [0.2, 0.25) is 0 Å². The van der Waals surface area contributed by atoms with Crippen LogP contribution in [-0.2, 0) is 16.0 Å². The van der Waals surface area contributed by atoms with Gasteiger partial charge in [0, 0.05) is 0 Å². The van der Waals surface area contributed by atoms with Crippen molar-refractivity contribution in [3.8, 4) is 0 Å². The first-order chi connectivity index (χ1) is 7.63. The number of nitrogens with one attached hydrogen (secondary N) is 1. The Morgan fingerprint density at radius 3 is 2.38 bits per heavy atom. The quantitative estimate of drug-likeness (QED) is 0.644. The number of carboxylic acid groups (broad SMARTS) is 1. The second-order valence-corrected chi connectivity index (χ2v) is 3.30. The zero-order valence-corrected chi connectivity index (χ0v) is 8.59. The number of amides is 1. The van der Waals surface area contributed by atoms with E-state index in [9.17, 15) is 9.59 Å². The number of rotatable bonds is 5. The highest BCUT2D eigenvalue weighted by molar-refractivity contribution is 5.84. The lowest BCUT2D eigenvalue weighted by Gasteiger charge is -2.11. The Kier molecular flexibility index (Phi) is 4.47. The minimum absolute atomic E-state index is 0.102. The van der Waals surface area contributed by atoms with E-state index < -0.39 is 24.5 Å². The zero-order valence-electron chi connectivity index (χ0n) is 8.59. The fraction of sp³-hybridized carbons (Fsp3) is 0.273. The van der Waals surface area contributed by atoms with Crippen LogP contribution in [0.25, 0.3) is 0 Å². The lowest BCUT2D eigenvalue weighted by molar-refractivity contribution is -0.142. The Morgan fingerprint density at radius 2 is 1.88 bits per heavy atom. The molecule has 5 heteroatoms. The van der Waals surface area contributed by atoms with Gasteiger partial charge in [-0.1, -0.05) is 30.3 Å². The minimum atomic E-state index is -1.25. The molecule has 0 radical (unpaired) electrons. The lowest BCUT2D eigenvalue weighted by Crippen LogP contribution is -2.43. The average molecular weight is 223 g/mol. The van der Waals surface area contributed by atoms with E-state index in [1.54, 1.807) is 24.3 Å². The molecule has 0 aliphatic rings. The Bertz CT molecular complexity index is 364. The maximum Gasteiger partial charge on any atom is 0.328 e. The third kappa shape index (κ3) is 3.70. The fourth-order valence-corrected chi connectivity index (χ4v) is 1.21. The summed E-state index contributed by atoms with van der Waals surface area (Å²) in [5.74, 6) is -1.67. The molecule has 1 unspecified atom stereocenters. The highest BCUT2D eigenvalue weighted by Gasteiger charge is 2.18. The van der Waals surface area contributed by atoms with Crippen LogP contribution in [0.5, 0.6) is 0 Å². The van der Waals surface area contributed by atoms with E-state index in [-0.39, 0.29) is 6.42 Å². The number of aliphatic carboxylic acids is 1. The first-order valence-electron chi connectivity index (χ1n) is 4.80. The van der Waals surface area contributed by atoms with Gasteiger partial charge in [-0.2, -0.15) is 0 Å². The SMILES string of the molecule is O=C(Cc1ccccc1)NC(CO)C(=O)O. The zero-order chi connectivity index (χ0) is 12.0. The number of aliphatic hydroxyl groups is 1. The van der Waals surface area contributed by atoms with Gasteiger partial charge in [0.05, 0.1) is 13.0 Å². The molecular formula is C11H13NO4. The molecule has 0 heterocycles. The van der Waals surface area contributed by atoms with Gasteiger partial charge < -0.3 is 15.5 Å². The molecule has 1 atom stereocenters. The Balaban J connectivity index is 2.50. The van der Waals surface area contributed by atoms with Gasteiger partial charge in [0.1, 0.15) is 6.04 Å². The molecule has 0 fully saturated rings. The number of hydrogen-bond acceptors (Lipinski definition) is 3. The molecule has 0 aromatic heterocycles. The van der Waals surface area contributed by atoms with E-state index in [0.717, 1.165) is 5.56 Å². The topological polar surface area (TPSA) is 86.6 Å². The van der Waals surface area contributed by atoms with Gasteiger partial charge in [-0.3, -0.25) is 4.79 Å². The fourth-order valence-electron chi connectivity index (χ4n) is 1.21. The van der Waals surface area contributed by atoms with Crippen molar-refractivity contribution in [1.82, 2.24) is 5.32 Å². The summed E-state index contributed by atoms with van der Waals surface area (Å²) in [6, 6.07) is 7.72. The average Bonchev–Trinajstić information content (AvgIpc) is 2.27. The summed E-state index contributed by atoms with van der Waals surface area (Å²) in [6.45, 7) is -0.615. The number of carboxylic acids is 1. The molecule has 16 heavy (non-hydrogen) atoms. The smallest absolute Gasteiger partial charge is 0.328 e. The summed E-state index contributed by atoms with van der Waals surface area (Å²) in [5, 5.41) is 19.6. The first kappa shape index (κ1) is 12.2. The molecule has 86 valence electrons. The summed E-state index contributed by atoms with van der Waals surface area (Å²) >= 11 is 0. The van der Waals surface area contributed by atoms with E-state index in [2.05, 4.69) is 5.32 Å². The number of hydrogen-bond donors (Lipinski definition) is 3. The van der Waals surface area contributed by atoms with Crippen LogP contribution < -0.4 is 5.32 Å². The summed E-state index contributed by atoms with van der Waals surface area (Å²) in [6.07, 6.45) is 0.102. The van der Waals surface area contributed by atoms with Gasteiger partial charge in [0.2, 0.25) is 5.91 Å². The molecule has 0 bridgehead atoms. The Hall–Kier alpha value is -1.88. The monoisotopic (exact) mass is 223 g/mol. The van der Waals surface area contributed by atoms with Gasteiger partial charge >= 0.3 is 5.97 Å². The van der Waals surface area contributed by atoms with Gasteiger partial charge in [0.25, 0.3) is 0 Å². The van der Waals surface area contributed by atoms with Gasteiger partial charge in [-0.15, -0.1) is 0 Å². The van der Waals surface area contributed by atoms with Crippen molar-refractivity contribution < 1.29 is 19.8 Å². The molecule has 0 saturated carbocycles. The van der Waals surface area contributed by atoms with Crippen molar-refractivity contribution >= 4 is 11.9 Å². The van der Waals surface area contributed by atoms with Crippen LogP contribution in [0.3, 0.4) is 0 Å². The second kappa shape index (κ2) is 5.87. The summed E-state index contributed by atoms with van der Waals surface area (Å²) in [5.41, 5.74) is 0.794.